The summed E-state index contributed by atoms with van der Waals surface area (Å²) in [6.07, 6.45) is 1.66. The number of hydrogen-bond acceptors (Lipinski definition) is 4. The topological polar surface area (TPSA) is 59.6 Å². The second-order valence-electron chi connectivity index (χ2n) is 5.63. The summed E-state index contributed by atoms with van der Waals surface area (Å²) in [5.74, 6) is 0.692. The Morgan fingerprint density at radius 1 is 1.14 bits per heavy atom. The van der Waals surface area contributed by atoms with Crippen molar-refractivity contribution in [3.63, 3.8) is 0 Å². The van der Waals surface area contributed by atoms with E-state index in [-0.39, 0.29) is 17.6 Å². The largest absolute Gasteiger partial charge is 0.493 e. The summed E-state index contributed by atoms with van der Waals surface area (Å²) < 4.78 is 12.7. The molecular formula is C18H12Br2Cl2N2O3S. The van der Waals surface area contributed by atoms with Gasteiger partial charge in [-0.3, -0.25) is 10.1 Å². The second-order valence-corrected chi connectivity index (χ2v) is 8.44. The minimum Gasteiger partial charge on any atom is -0.493 e. The van der Waals surface area contributed by atoms with Crippen molar-refractivity contribution in [1.82, 2.24) is 10.6 Å². The number of nitrogens with one attached hydrogen (secondary N) is 2. The van der Waals surface area contributed by atoms with Gasteiger partial charge in [0.1, 0.15) is 12.3 Å². The van der Waals surface area contributed by atoms with Crippen LogP contribution in [0, 0.1) is 0 Å². The first-order chi connectivity index (χ1) is 13.3. The third-order valence-corrected chi connectivity index (χ3v) is 6.85. The van der Waals surface area contributed by atoms with Crippen LogP contribution < -0.4 is 20.1 Å². The van der Waals surface area contributed by atoms with Crippen LogP contribution in [0.2, 0.25) is 10.0 Å². The minimum atomic E-state index is -0.299. The summed E-state index contributed by atoms with van der Waals surface area (Å²) in [6.45, 7) is 0.261. The van der Waals surface area contributed by atoms with Crippen molar-refractivity contribution < 1.29 is 14.3 Å². The minimum absolute atomic E-state index is 0.261. The SMILES string of the molecule is COc1cc(/C=C2/NC(=S)NC2=O)c(Br)c(Br)c1OCc1ccc(Cl)c(Cl)c1. The van der Waals surface area contributed by atoms with E-state index >= 15 is 0 Å². The lowest BCUT2D eigenvalue weighted by Crippen LogP contribution is -2.21. The summed E-state index contributed by atoms with van der Waals surface area (Å²) in [6, 6.07) is 7.04. The van der Waals surface area contributed by atoms with Crippen molar-refractivity contribution in [3.05, 3.63) is 60.1 Å². The van der Waals surface area contributed by atoms with Crippen LogP contribution in [0.3, 0.4) is 0 Å². The van der Waals surface area contributed by atoms with Crippen molar-refractivity contribution in [1.29, 1.82) is 0 Å². The van der Waals surface area contributed by atoms with Gasteiger partial charge in [0.2, 0.25) is 0 Å². The fourth-order valence-electron chi connectivity index (χ4n) is 2.42. The molecule has 0 radical (unpaired) electrons. The summed E-state index contributed by atoms with van der Waals surface area (Å²) >= 11 is 24.0. The Morgan fingerprint density at radius 2 is 1.89 bits per heavy atom. The van der Waals surface area contributed by atoms with Gasteiger partial charge in [0.05, 0.1) is 21.6 Å². The lowest BCUT2D eigenvalue weighted by Gasteiger charge is -2.16. The molecule has 0 aromatic heterocycles. The number of hydrogen-bond donors (Lipinski definition) is 2. The van der Waals surface area contributed by atoms with Gasteiger partial charge in [-0.1, -0.05) is 29.3 Å². The van der Waals surface area contributed by atoms with E-state index in [2.05, 4.69) is 42.5 Å². The molecule has 0 saturated carbocycles. The number of benzene rings is 2. The first-order valence-corrected chi connectivity index (χ1v) is 10.5. The molecule has 1 saturated heterocycles. The molecule has 0 unspecified atom stereocenters. The molecule has 0 spiro atoms. The molecule has 146 valence electrons. The Hall–Kier alpha value is -1.32. The maximum Gasteiger partial charge on any atom is 0.273 e. The average Bonchev–Trinajstić information content (AvgIpc) is 2.97. The fourth-order valence-corrected chi connectivity index (χ4v) is 3.89. The molecule has 2 N–H and O–H groups in total. The first-order valence-electron chi connectivity index (χ1n) is 7.77. The number of methoxy groups -OCH3 is 1. The molecule has 1 fully saturated rings. The van der Waals surface area contributed by atoms with Gasteiger partial charge in [0.15, 0.2) is 16.6 Å². The second kappa shape index (κ2) is 9.00. The number of rotatable bonds is 5. The Bertz CT molecular complexity index is 1010. The molecule has 5 nitrogen and oxygen atoms in total. The third-order valence-electron chi connectivity index (χ3n) is 3.76. The summed E-state index contributed by atoms with van der Waals surface area (Å²) in [5.41, 5.74) is 1.89. The molecule has 0 aliphatic carbocycles. The number of carbonyl (C=O) groups is 1. The molecule has 1 aliphatic rings. The highest BCUT2D eigenvalue weighted by Crippen LogP contribution is 2.43. The van der Waals surface area contributed by atoms with Crippen LogP contribution in [0.1, 0.15) is 11.1 Å². The molecule has 1 amide bonds. The van der Waals surface area contributed by atoms with Crippen LogP contribution in [0.25, 0.3) is 6.08 Å². The Balaban J connectivity index is 1.91. The molecule has 1 aliphatic heterocycles. The standard InChI is InChI=1S/C18H12Br2Cl2N2O3S/c1-26-13-6-9(5-12-17(25)24-18(28)23-12)14(19)15(20)16(13)27-7-8-2-3-10(21)11(22)4-8/h2-6H,7H2,1H3,(H2,23,24,25,28)/b12-5+. The van der Waals surface area contributed by atoms with Crippen LogP contribution in [-0.4, -0.2) is 18.1 Å². The number of amides is 1. The fraction of sp³-hybridized carbons (Fsp3) is 0.111. The third kappa shape index (κ3) is 4.63. The quantitative estimate of drug-likeness (QED) is 0.372. The number of ether oxygens (including phenoxy) is 2. The zero-order valence-electron chi connectivity index (χ0n) is 14.2. The normalized spacial score (nSPS) is 14.8. The van der Waals surface area contributed by atoms with Crippen molar-refractivity contribution in [2.24, 2.45) is 0 Å². The van der Waals surface area contributed by atoms with Gasteiger partial charge in [-0.15, -0.1) is 0 Å². The summed E-state index contributed by atoms with van der Waals surface area (Å²) in [4.78, 5) is 11.9. The zero-order chi connectivity index (χ0) is 20.4. The molecule has 10 heteroatoms. The van der Waals surface area contributed by atoms with Crippen molar-refractivity contribution in [2.45, 2.75) is 6.61 Å². The van der Waals surface area contributed by atoms with Crippen LogP contribution in [0.5, 0.6) is 11.5 Å². The summed E-state index contributed by atoms with van der Waals surface area (Å²) in [7, 11) is 1.54. The van der Waals surface area contributed by atoms with Crippen molar-refractivity contribution >= 4 is 84.4 Å². The number of carbonyl (C=O) groups excluding carboxylic acids is 1. The lowest BCUT2D eigenvalue weighted by atomic mass is 10.1. The Labute approximate surface area is 193 Å². The number of halogens is 4. The molecule has 0 bridgehead atoms. The van der Waals surface area contributed by atoms with E-state index in [1.54, 1.807) is 24.3 Å². The predicted molar refractivity (Wildman–Crippen MR) is 121 cm³/mol. The van der Waals surface area contributed by atoms with Gasteiger partial charge in [-0.05, 0) is 79.5 Å². The molecule has 0 atom stereocenters. The van der Waals surface area contributed by atoms with Gasteiger partial charge >= 0.3 is 0 Å². The highest BCUT2D eigenvalue weighted by molar-refractivity contribution is 9.13. The molecular weight excluding hydrogens is 555 g/mol. The molecule has 1 heterocycles. The van der Waals surface area contributed by atoms with Gasteiger partial charge in [0.25, 0.3) is 5.91 Å². The molecule has 28 heavy (non-hydrogen) atoms. The molecule has 3 rings (SSSR count). The monoisotopic (exact) mass is 564 g/mol. The molecule has 2 aromatic rings. The van der Waals surface area contributed by atoms with E-state index in [4.69, 9.17) is 44.9 Å². The van der Waals surface area contributed by atoms with Gasteiger partial charge in [0, 0.05) is 4.47 Å². The van der Waals surface area contributed by atoms with Crippen molar-refractivity contribution in [3.8, 4) is 11.5 Å². The maximum atomic E-state index is 11.9. The van der Waals surface area contributed by atoms with Gasteiger partial charge in [-0.2, -0.15) is 0 Å². The Kier molecular flexibility index (Phi) is 6.88. The average molecular weight is 567 g/mol. The predicted octanol–water partition coefficient (Wildman–Crippen LogP) is 5.45. The number of thiocarbonyl (C=S) groups is 1. The van der Waals surface area contributed by atoms with E-state index in [0.717, 1.165) is 5.56 Å². The van der Waals surface area contributed by atoms with E-state index in [0.29, 0.717) is 41.8 Å². The lowest BCUT2D eigenvalue weighted by molar-refractivity contribution is -0.115. The van der Waals surface area contributed by atoms with E-state index < -0.39 is 0 Å². The van der Waals surface area contributed by atoms with E-state index in [1.807, 2.05) is 6.07 Å². The van der Waals surface area contributed by atoms with Gasteiger partial charge < -0.3 is 14.8 Å². The molecule has 2 aromatic carbocycles. The van der Waals surface area contributed by atoms with Crippen LogP contribution in [0.4, 0.5) is 0 Å². The summed E-state index contributed by atoms with van der Waals surface area (Å²) in [5, 5.41) is 6.53. The van der Waals surface area contributed by atoms with Crippen LogP contribution in [0.15, 0.2) is 38.9 Å². The van der Waals surface area contributed by atoms with Crippen LogP contribution in [-0.2, 0) is 11.4 Å². The van der Waals surface area contributed by atoms with Gasteiger partial charge in [-0.25, -0.2) is 0 Å². The van der Waals surface area contributed by atoms with Crippen molar-refractivity contribution in [2.75, 3.05) is 7.11 Å². The highest BCUT2D eigenvalue weighted by atomic mass is 79.9. The Morgan fingerprint density at radius 3 is 2.50 bits per heavy atom. The van der Waals surface area contributed by atoms with E-state index in [9.17, 15) is 4.79 Å². The van der Waals surface area contributed by atoms with E-state index in [1.165, 1.54) is 7.11 Å². The first kappa shape index (κ1) is 21.4. The van der Waals surface area contributed by atoms with Crippen LogP contribution >= 0.6 is 67.3 Å². The maximum absolute atomic E-state index is 11.9. The zero-order valence-corrected chi connectivity index (χ0v) is 19.7. The smallest absolute Gasteiger partial charge is 0.273 e. The highest BCUT2D eigenvalue weighted by Gasteiger charge is 2.22.